The number of halogens is 3. The van der Waals surface area contributed by atoms with E-state index in [0.717, 1.165) is 49.3 Å². The molecule has 2 aromatic rings. The van der Waals surface area contributed by atoms with Crippen LogP contribution in [0.4, 0.5) is 18.9 Å². The van der Waals surface area contributed by atoms with Crippen molar-refractivity contribution in [1.29, 1.82) is 0 Å². The van der Waals surface area contributed by atoms with Gasteiger partial charge in [0.15, 0.2) is 11.5 Å². The zero-order valence-electron chi connectivity index (χ0n) is 15.6. The summed E-state index contributed by atoms with van der Waals surface area (Å²) in [6.07, 6.45) is -3.47. The molecular formula is C21H20F3N3O2. The predicted octanol–water partition coefficient (Wildman–Crippen LogP) is 3.92. The molecule has 152 valence electrons. The van der Waals surface area contributed by atoms with Crippen LogP contribution in [0, 0.1) is 0 Å². The molecule has 2 aromatic carbocycles. The molecule has 3 heterocycles. The van der Waals surface area contributed by atoms with E-state index in [0.29, 0.717) is 12.1 Å². The quantitative estimate of drug-likeness (QED) is 0.841. The highest BCUT2D eigenvalue weighted by Gasteiger charge is 2.31. The maximum absolute atomic E-state index is 13.0. The van der Waals surface area contributed by atoms with Crippen molar-refractivity contribution in [1.82, 2.24) is 10.3 Å². The number of nitrogens with one attached hydrogen (secondary N) is 1. The van der Waals surface area contributed by atoms with Gasteiger partial charge < -0.3 is 14.9 Å². The first-order valence-corrected chi connectivity index (χ1v) is 9.49. The van der Waals surface area contributed by atoms with Gasteiger partial charge in [0.05, 0.1) is 17.8 Å². The highest BCUT2D eigenvalue weighted by molar-refractivity contribution is 5.58. The van der Waals surface area contributed by atoms with Crippen LogP contribution in [0.3, 0.4) is 0 Å². The Morgan fingerprint density at radius 2 is 1.86 bits per heavy atom. The summed E-state index contributed by atoms with van der Waals surface area (Å²) in [6.45, 7) is 3.01. The van der Waals surface area contributed by atoms with Crippen LogP contribution in [-0.2, 0) is 12.7 Å². The smallest absolute Gasteiger partial charge is 0.416 e. The van der Waals surface area contributed by atoms with E-state index in [4.69, 9.17) is 9.47 Å². The van der Waals surface area contributed by atoms with Gasteiger partial charge in [-0.2, -0.15) is 13.2 Å². The van der Waals surface area contributed by atoms with Crippen molar-refractivity contribution in [2.24, 2.45) is 0 Å². The zero-order valence-corrected chi connectivity index (χ0v) is 15.6. The van der Waals surface area contributed by atoms with Crippen LogP contribution >= 0.6 is 0 Å². The Bertz CT molecular complexity index is 974. The average molecular weight is 403 g/mol. The number of alkyl halides is 3. The summed E-state index contributed by atoms with van der Waals surface area (Å²) in [5.74, 6) is 1.48. The third-order valence-corrected chi connectivity index (χ3v) is 5.47. The second kappa shape index (κ2) is 6.88. The van der Waals surface area contributed by atoms with Gasteiger partial charge in [0.2, 0.25) is 6.79 Å². The van der Waals surface area contributed by atoms with Crippen molar-refractivity contribution in [2.75, 3.05) is 31.4 Å². The molecule has 0 unspecified atom stereocenters. The minimum Gasteiger partial charge on any atom is -0.454 e. The van der Waals surface area contributed by atoms with Crippen molar-refractivity contribution >= 4 is 5.69 Å². The molecule has 0 fully saturated rings. The maximum atomic E-state index is 13.0. The van der Waals surface area contributed by atoms with Gasteiger partial charge in [-0.1, -0.05) is 18.2 Å². The topological polar surface area (TPSA) is 37.0 Å². The van der Waals surface area contributed by atoms with Crippen molar-refractivity contribution in [3.63, 3.8) is 0 Å². The number of rotatable bonds is 3. The second-order valence-electron chi connectivity index (χ2n) is 7.48. The van der Waals surface area contributed by atoms with Gasteiger partial charge in [-0.25, -0.2) is 0 Å². The lowest BCUT2D eigenvalue weighted by molar-refractivity contribution is -0.137. The summed E-state index contributed by atoms with van der Waals surface area (Å²) in [4.78, 5) is 2.19. The Morgan fingerprint density at radius 3 is 2.72 bits per heavy atom. The van der Waals surface area contributed by atoms with E-state index in [2.05, 4.69) is 15.3 Å². The Balaban J connectivity index is 1.25. The van der Waals surface area contributed by atoms with E-state index in [-0.39, 0.29) is 6.79 Å². The molecule has 0 spiro atoms. The molecule has 3 aliphatic rings. The highest BCUT2D eigenvalue weighted by Crippen LogP contribution is 2.37. The minimum atomic E-state index is -4.31. The molecule has 0 saturated heterocycles. The van der Waals surface area contributed by atoms with E-state index in [1.54, 1.807) is 6.07 Å². The number of hydrazine groups is 1. The minimum absolute atomic E-state index is 0.242. The summed E-state index contributed by atoms with van der Waals surface area (Å²) >= 11 is 0. The summed E-state index contributed by atoms with van der Waals surface area (Å²) in [7, 11) is 0. The summed E-state index contributed by atoms with van der Waals surface area (Å²) < 4.78 is 49.7. The molecule has 0 atom stereocenters. The van der Waals surface area contributed by atoms with Gasteiger partial charge in [0.1, 0.15) is 0 Å². The number of hydrogen-bond acceptors (Lipinski definition) is 5. The van der Waals surface area contributed by atoms with E-state index in [9.17, 15) is 13.2 Å². The summed E-state index contributed by atoms with van der Waals surface area (Å²) in [6, 6.07) is 11.4. The molecule has 0 amide bonds. The molecule has 0 radical (unpaired) electrons. The first-order chi connectivity index (χ1) is 14.0. The fourth-order valence-corrected chi connectivity index (χ4v) is 4.01. The van der Waals surface area contributed by atoms with Crippen LogP contribution in [0.5, 0.6) is 11.5 Å². The molecule has 29 heavy (non-hydrogen) atoms. The Kier molecular flexibility index (Phi) is 4.31. The van der Waals surface area contributed by atoms with E-state index < -0.39 is 11.7 Å². The van der Waals surface area contributed by atoms with Gasteiger partial charge in [0.25, 0.3) is 0 Å². The number of benzene rings is 2. The Labute approximate surface area is 166 Å². The number of ether oxygens (including phenoxy) is 2. The van der Waals surface area contributed by atoms with Crippen LogP contribution < -0.4 is 19.9 Å². The molecule has 8 heteroatoms. The standard InChI is InChI=1S/C21H20F3N3O2/c22-21(23,24)16-3-1-2-14(8-16)10-26-7-6-18-15(11-26)12-27(25-18)17-4-5-19-20(9-17)29-13-28-19/h1-5,8-9,25H,6-7,10-13H2. The number of nitrogens with zero attached hydrogens (tertiary/aromatic N) is 2. The lowest BCUT2D eigenvalue weighted by atomic mass is 10.1. The van der Waals surface area contributed by atoms with Crippen LogP contribution in [0.1, 0.15) is 17.5 Å². The Hall–Kier alpha value is -2.87. The van der Waals surface area contributed by atoms with Gasteiger partial charge >= 0.3 is 6.18 Å². The molecule has 0 aromatic heterocycles. The fraction of sp³-hybridized carbons (Fsp3) is 0.333. The predicted molar refractivity (Wildman–Crippen MR) is 101 cm³/mol. The normalized spacial score (nSPS) is 18.8. The molecule has 0 aliphatic carbocycles. The van der Waals surface area contributed by atoms with E-state index >= 15 is 0 Å². The maximum Gasteiger partial charge on any atom is 0.416 e. The number of fused-ring (bicyclic) bond motifs is 1. The van der Waals surface area contributed by atoms with Crippen LogP contribution in [0.25, 0.3) is 0 Å². The molecule has 0 saturated carbocycles. The van der Waals surface area contributed by atoms with Crippen molar-refractivity contribution in [3.05, 3.63) is 64.9 Å². The van der Waals surface area contributed by atoms with Crippen molar-refractivity contribution in [3.8, 4) is 11.5 Å². The lowest BCUT2D eigenvalue weighted by Crippen LogP contribution is -2.33. The third kappa shape index (κ3) is 3.60. The SMILES string of the molecule is FC(F)(F)c1cccc(CN2CCC3=C(C2)CN(c2ccc4c(c2)OCO4)N3)c1. The van der Waals surface area contributed by atoms with Gasteiger partial charge in [-0.15, -0.1) is 0 Å². The van der Waals surface area contributed by atoms with Crippen LogP contribution in [0.2, 0.25) is 0 Å². The Morgan fingerprint density at radius 1 is 1.00 bits per heavy atom. The third-order valence-electron chi connectivity index (χ3n) is 5.47. The zero-order chi connectivity index (χ0) is 20.0. The molecule has 1 N–H and O–H groups in total. The van der Waals surface area contributed by atoms with Gasteiger partial charge in [-0.05, 0) is 29.3 Å². The first-order valence-electron chi connectivity index (χ1n) is 9.49. The van der Waals surface area contributed by atoms with Crippen LogP contribution in [0.15, 0.2) is 53.7 Å². The molecule has 5 rings (SSSR count). The summed E-state index contributed by atoms with van der Waals surface area (Å²) in [5.41, 5.74) is 7.00. The average Bonchev–Trinajstić information content (AvgIpc) is 3.33. The lowest BCUT2D eigenvalue weighted by Gasteiger charge is -2.27. The highest BCUT2D eigenvalue weighted by atomic mass is 19.4. The first kappa shape index (κ1) is 18.2. The summed E-state index contributed by atoms with van der Waals surface area (Å²) in [5, 5.41) is 2.07. The molecule has 3 aliphatic heterocycles. The fourth-order valence-electron chi connectivity index (χ4n) is 4.01. The largest absolute Gasteiger partial charge is 0.454 e. The molecular weight excluding hydrogens is 383 g/mol. The second-order valence-corrected chi connectivity index (χ2v) is 7.48. The number of anilines is 1. The molecule has 0 bridgehead atoms. The number of hydrogen-bond donors (Lipinski definition) is 1. The van der Waals surface area contributed by atoms with E-state index in [1.165, 1.54) is 23.4 Å². The van der Waals surface area contributed by atoms with Crippen molar-refractivity contribution in [2.45, 2.75) is 19.1 Å². The van der Waals surface area contributed by atoms with Gasteiger partial charge in [0, 0.05) is 37.8 Å². The monoisotopic (exact) mass is 403 g/mol. The van der Waals surface area contributed by atoms with Gasteiger partial charge in [-0.3, -0.25) is 9.91 Å². The van der Waals surface area contributed by atoms with E-state index in [1.807, 2.05) is 18.2 Å². The van der Waals surface area contributed by atoms with Crippen molar-refractivity contribution < 1.29 is 22.6 Å². The molecule has 5 nitrogen and oxygen atoms in total. The van der Waals surface area contributed by atoms with Crippen LogP contribution in [-0.4, -0.2) is 31.3 Å².